The summed E-state index contributed by atoms with van der Waals surface area (Å²) in [4.78, 5) is 25.6. The van der Waals surface area contributed by atoms with Crippen LogP contribution in [0.3, 0.4) is 0 Å². The number of carbonyl (C=O) groups is 2. The molecule has 3 rings (SSSR count). The summed E-state index contributed by atoms with van der Waals surface area (Å²) in [6.07, 6.45) is 0.535. The number of carboxylic acid groups (broad SMARTS) is 1. The van der Waals surface area contributed by atoms with Crippen molar-refractivity contribution < 1.29 is 14.7 Å². The minimum Gasteiger partial charge on any atom is -0.481 e. The highest BCUT2D eigenvalue weighted by molar-refractivity contribution is 5.90. The normalized spacial score (nSPS) is 16.9. The molecule has 0 radical (unpaired) electrons. The van der Waals surface area contributed by atoms with Gasteiger partial charge in [-0.25, -0.2) is 0 Å². The SMILES string of the molecule is O=C(O)CC1C(=O)NCc2ccccc2N1CCc1ccccc1. The van der Waals surface area contributed by atoms with Gasteiger partial charge >= 0.3 is 5.97 Å². The predicted molar refractivity (Wildman–Crippen MR) is 91.8 cm³/mol. The number of hydrogen-bond donors (Lipinski definition) is 2. The van der Waals surface area contributed by atoms with Crippen molar-refractivity contribution in [2.45, 2.75) is 25.4 Å². The highest BCUT2D eigenvalue weighted by Gasteiger charge is 2.32. The van der Waals surface area contributed by atoms with Gasteiger partial charge in [-0.05, 0) is 23.6 Å². The Morgan fingerprint density at radius 1 is 1.12 bits per heavy atom. The van der Waals surface area contributed by atoms with Gasteiger partial charge in [-0.15, -0.1) is 0 Å². The number of anilines is 1. The van der Waals surface area contributed by atoms with E-state index in [2.05, 4.69) is 5.32 Å². The molecule has 5 heteroatoms. The number of fused-ring (bicyclic) bond motifs is 1. The average Bonchev–Trinajstić information content (AvgIpc) is 2.72. The Kier molecular flexibility index (Phi) is 4.79. The van der Waals surface area contributed by atoms with Gasteiger partial charge < -0.3 is 15.3 Å². The largest absolute Gasteiger partial charge is 0.481 e. The molecule has 0 bridgehead atoms. The summed E-state index contributed by atoms with van der Waals surface area (Å²) in [6.45, 7) is 1.01. The quantitative estimate of drug-likeness (QED) is 0.885. The van der Waals surface area contributed by atoms with Crippen LogP contribution in [0.25, 0.3) is 0 Å². The van der Waals surface area contributed by atoms with Crippen molar-refractivity contribution in [3.05, 3.63) is 65.7 Å². The van der Waals surface area contributed by atoms with Crippen LogP contribution in [0.2, 0.25) is 0 Å². The number of nitrogens with zero attached hydrogens (tertiary/aromatic N) is 1. The van der Waals surface area contributed by atoms with E-state index in [0.717, 1.165) is 23.2 Å². The fourth-order valence-corrected chi connectivity index (χ4v) is 3.09. The first-order chi connectivity index (χ1) is 11.6. The van der Waals surface area contributed by atoms with Crippen molar-refractivity contribution in [3.8, 4) is 0 Å². The molecule has 5 nitrogen and oxygen atoms in total. The lowest BCUT2D eigenvalue weighted by Gasteiger charge is -2.31. The lowest BCUT2D eigenvalue weighted by Crippen LogP contribution is -2.47. The lowest BCUT2D eigenvalue weighted by atomic mass is 10.1. The van der Waals surface area contributed by atoms with Crippen molar-refractivity contribution in [2.24, 2.45) is 0 Å². The fraction of sp³-hybridized carbons (Fsp3) is 0.263. The van der Waals surface area contributed by atoms with Crippen LogP contribution in [0.4, 0.5) is 5.69 Å². The highest BCUT2D eigenvalue weighted by Crippen LogP contribution is 2.26. The molecule has 0 aromatic heterocycles. The molecule has 1 atom stereocenters. The van der Waals surface area contributed by atoms with Gasteiger partial charge in [-0.1, -0.05) is 48.5 Å². The summed E-state index contributed by atoms with van der Waals surface area (Å²) in [7, 11) is 0. The van der Waals surface area contributed by atoms with Gasteiger partial charge in [-0.2, -0.15) is 0 Å². The first kappa shape index (κ1) is 16.1. The van der Waals surface area contributed by atoms with E-state index in [1.807, 2.05) is 59.5 Å². The monoisotopic (exact) mass is 324 g/mol. The van der Waals surface area contributed by atoms with Crippen molar-refractivity contribution in [2.75, 3.05) is 11.4 Å². The molecule has 0 fully saturated rings. The van der Waals surface area contributed by atoms with E-state index in [1.165, 1.54) is 0 Å². The first-order valence-electron chi connectivity index (χ1n) is 8.03. The zero-order chi connectivity index (χ0) is 16.9. The Morgan fingerprint density at radius 2 is 1.83 bits per heavy atom. The summed E-state index contributed by atoms with van der Waals surface area (Å²) in [6, 6.07) is 17.1. The molecule has 1 aliphatic rings. The molecule has 1 unspecified atom stereocenters. The topological polar surface area (TPSA) is 69.6 Å². The smallest absolute Gasteiger partial charge is 0.305 e. The van der Waals surface area contributed by atoms with Crippen molar-refractivity contribution >= 4 is 17.6 Å². The minimum absolute atomic E-state index is 0.213. The van der Waals surface area contributed by atoms with E-state index in [1.54, 1.807) is 0 Å². The Hall–Kier alpha value is -2.82. The summed E-state index contributed by atoms with van der Waals surface area (Å²) >= 11 is 0. The first-order valence-corrected chi connectivity index (χ1v) is 8.03. The third-order valence-corrected chi connectivity index (χ3v) is 4.29. The Balaban J connectivity index is 1.91. The maximum atomic E-state index is 12.4. The maximum Gasteiger partial charge on any atom is 0.305 e. The van der Waals surface area contributed by atoms with Crippen LogP contribution in [0.5, 0.6) is 0 Å². The van der Waals surface area contributed by atoms with Crippen LogP contribution in [0.1, 0.15) is 17.5 Å². The fourth-order valence-electron chi connectivity index (χ4n) is 3.09. The second kappa shape index (κ2) is 7.17. The van der Waals surface area contributed by atoms with Crippen molar-refractivity contribution in [1.29, 1.82) is 0 Å². The molecule has 0 saturated heterocycles. The van der Waals surface area contributed by atoms with E-state index in [4.69, 9.17) is 0 Å². The van der Waals surface area contributed by atoms with Gasteiger partial charge in [0.25, 0.3) is 0 Å². The number of hydrogen-bond acceptors (Lipinski definition) is 3. The van der Waals surface area contributed by atoms with Crippen molar-refractivity contribution in [1.82, 2.24) is 5.32 Å². The van der Waals surface area contributed by atoms with Crippen LogP contribution >= 0.6 is 0 Å². The number of nitrogens with one attached hydrogen (secondary N) is 1. The van der Waals surface area contributed by atoms with Gasteiger partial charge in [0, 0.05) is 18.8 Å². The number of carbonyl (C=O) groups excluding carboxylic acids is 1. The third-order valence-electron chi connectivity index (χ3n) is 4.29. The van der Waals surface area contributed by atoms with Gasteiger partial charge in [0.15, 0.2) is 0 Å². The van der Waals surface area contributed by atoms with Gasteiger partial charge in [0.1, 0.15) is 6.04 Å². The van der Waals surface area contributed by atoms with Gasteiger partial charge in [0.05, 0.1) is 6.42 Å². The molecule has 24 heavy (non-hydrogen) atoms. The lowest BCUT2D eigenvalue weighted by molar-refractivity contribution is -0.139. The Bertz CT molecular complexity index is 730. The van der Waals surface area contributed by atoms with Gasteiger partial charge in [0.2, 0.25) is 5.91 Å². The minimum atomic E-state index is -0.973. The number of benzene rings is 2. The summed E-state index contributed by atoms with van der Waals surface area (Å²) in [5.41, 5.74) is 3.10. The molecule has 0 aliphatic carbocycles. The zero-order valence-corrected chi connectivity index (χ0v) is 13.3. The molecular formula is C19H20N2O3. The molecule has 0 saturated carbocycles. The van der Waals surface area contributed by atoms with E-state index in [0.29, 0.717) is 13.1 Å². The van der Waals surface area contributed by atoms with E-state index < -0.39 is 12.0 Å². The number of rotatable bonds is 5. The zero-order valence-electron chi connectivity index (χ0n) is 13.3. The van der Waals surface area contributed by atoms with Crippen LogP contribution in [-0.4, -0.2) is 29.6 Å². The molecule has 2 aromatic carbocycles. The molecule has 0 spiro atoms. The van der Waals surface area contributed by atoms with Crippen LogP contribution in [-0.2, 0) is 22.6 Å². The molecule has 2 aromatic rings. The summed E-state index contributed by atoms with van der Waals surface area (Å²) in [5, 5.41) is 12.1. The van der Waals surface area contributed by atoms with E-state index in [-0.39, 0.29) is 12.3 Å². The molecule has 1 aliphatic heterocycles. The average molecular weight is 324 g/mol. The number of carboxylic acids is 1. The second-order valence-corrected chi connectivity index (χ2v) is 5.89. The van der Waals surface area contributed by atoms with Crippen molar-refractivity contribution in [3.63, 3.8) is 0 Å². The summed E-state index contributed by atoms with van der Waals surface area (Å²) in [5.74, 6) is -1.21. The Labute approximate surface area is 140 Å². The van der Waals surface area contributed by atoms with Crippen LogP contribution in [0, 0.1) is 0 Å². The molecular weight excluding hydrogens is 304 g/mol. The molecule has 1 heterocycles. The summed E-state index contributed by atoms with van der Waals surface area (Å²) < 4.78 is 0. The molecule has 2 N–H and O–H groups in total. The number of aliphatic carboxylic acids is 1. The van der Waals surface area contributed by atoms with E-state index >= 15 is 0 Å². The second-order valence-electron chi connectivity index (χ2n) is 5.89. The van der Waals surface area contributed by atoms with Gasteiger partial charge in [-0.3, -0.25) is 9.59 Å². The highest BCUT2D eigenvalue weighted by atomic mass is 16.4. The third kappa shape index (κ3) is 3.56. The van der Waals surface area contributed by atoms with Crippen LogP contribution in [0.15, 0.2) is 54.6 Å². The Morgan fingerprint density at radius 3 is 2.58 bits per heavy atom. The van der Waals surface area contributed by atoms with Crippen LogP contribution < -0.4 is 10.2 Å². The maximum absolute atomic E-state index is 12.4. The predicted octanol–water partition coefficient (Wildman–Crippen LogP) is 2.21. The number of para-hydroxylation sites is 1. The van der Waals surface area contributed by atoms with E-state index in [9.17, 15) is 14.7 Å². The molecule has 124 valence electrons. The standard InChI is InChI=1S/C19H20N2O3/c22-18(23)12-17-19(24)20-13-15-8-4-5-9-16(15)21(17)11-10-14-6-2-1-3-7-14/h1-9,17H,10-13H2,(H,20,24)(H,22,23). The number of amides is 1. The molecule has 1 amide bonds.